The number of aliphatic hydroxyl groups excluding tert-OH is 1. The van der Waals surface area contributed by atoms with Gasteiger partial charge in [-0.3, -0.25) is 37.2 Å². The highest BCUT2D eigenvalue weighted by molar-refractivity contribution is 7.68. The molecule has 3 rings (SSSR count). The highest BCUT2D eigenvalue weighted by atomic mass is 31.3. The van der Waals surface area contributed by atoms with Gasteiger partial charge in [0.15, 0.2) is 5.78 Å². The summed E-state index contributed by atoms with van der Waals surface area (Å²) in [6.07, 6.45) is 5.12. The van der Waals surface area contributed by atoms with Crippen molar-refractivity contribution < 1.29 is 83.9 Å². The maximum Gasteiger partial charge on any atom is 0.347 e. The zero-order valence-corrected chi connectivity index (χ0v) is 34.9. The second-order valence-corrected chi connectivity index (χ2v) is 19.3. The number of aliphatic hydroxyl groups is 1. The van der Waals surface area contributed by atoms with Crippen LogP contribution >= 0.6 is 31.2 Å². The fourth-order valence-corrected chi connectivity index (χ4v) is 10.5. The SMILES string of the molecule is C[C@H]1CC[C@@H](COP(=O)([O-])OP(=O)([O-])OP(=O)([O-])OP(=O)([O-])NCCCCCCCNC(=O)CCOCCCCCC(=O)c2cc3ccc(CO)cc3oc2=O)O1. The summed E-state index contributed by atoms with van der Waals surface area (Å²) in [7, 11) is -23.4. The lowest BCUT2D eigenvalue weighted by Gasteiger charge is -2.36. The topological polar surface area (TPSA) is 325 Å². The summed E-state index contributed by atoms with van der Waals surface area (Å²) in [5, 5.41) is 14.4. The summed E-state index contributed by atoms with van der Waals surface area (Å²) < 4.78 is 78.9. The number of amides is 1. The third kappa shape index (κ3) is 19.7. The summed E-state index contributed by atoms with van der Waals surface area (Å²) in [4.78, 5) is 84.3. The first-order chi connectivity index (χ1) is 26.8. The van der Waals surface area contributed by atoms with Crippen molar-refractivity contribution in [3.05, 3.63) is 45.8 Å². The van der Waals surface area contributed by atoms with Crippen LogP contribution in [0.1, 0.15) is 99.9 Å². The molecule has 1 saturated heterocycles. The number of nitrogens with one attached hydrogen (secondary N) is 2. The van der Waals surface area contributed by atoms with Crippen LogP contribution in [0, 0.1) is 0 Å². The lowest BCUT2D eigenvalue weighted by atomic mass is 10.0. The van der Waals surface area contributed by atoms with E-state index in [4.69, 9.17) is 13.9 Å². The van der Waals surface area contributed by atoms with Crippen molar-refractivity contribution in [1.29, 1.82) is 0 Å². The fraction of sp³-hybridized carbons (Fsp3) is 0.656. The van der Waals surface area contributed by atoms with Gasteiger partial charge in [-0.2, -0.15) is 0 Å². The molecule has 324 valence electrons. The minimum Gasteiger partial charge on any atom is -0.766 e. The summed E-state index contributed by atoms with van der Waals surface area (Å²) in [6.45, 7) is 1.68. The van der Waals surface area contributed by atoms with Crippen molar-refractivity contribution in [3.8, 4) is 0 Å². The van der Waals surface area contributed by atoms with Gasteiger partial charge in [0.1, 0.15) is 11.1 Å². The predicted octanol–water partition coefficient (Wildman–Crippen LogP) is 2.60. The molecule has 2 heterocycles. The third-order valence-corrected chi connectivity index (χ3v) is 14.2. The average molecular weight is 889 g/mol. The number of rotatable bonds is 29. The predicted molar refractivity (Wildman–Crippen MR) is 194 cm³/mol. The molecule has 1 amide bonds. The maximum absolute atomic E-state index is 12.5. The van der Waals surface area contributed by atoms with Crippen molar-refractivity contribution >= 4 is 53.9 Å². The second-order valence-electron chi connectivity index (χ2n) is 13.1. The number of benzene rings is 1. The van der Waals surface area contributed by atoms with Crippen molar-refractivity contribution in [2.45, 2.75) is 103 Å². The largest absolute Gasteiger partial charge is 0.766 e. The average Bonchev–Trinajstić information content (AvgIpc) is 3.53. The third-order valence-electron chi connectivity index (χ3n) is 8.28. The highest BCUT2D eigenvalue weighted by Gasteiger charge is 2.30. The molecule has 4 unspecified atom stereocenters. The first kappa shape index (κ1) is 49.4. The second kappa shape index (κ2) is 23.7. The molecule has 21 nitrogen and oxygen atoms in total. The molecule has 0 saturated carbocycles. The molecule has 1 aliphatic rings. The molecule has 2 aromatic rings. The van der Waals surface area contributed by atoms with E-state index >= 15 is 0 Å². The number of phosphoric ester groups is 1. The Morgan fingerprint density at radius 2 is 1.49 bits per heavy atom. The molecule has 25 heteroatoms. The van der Waals surface area contributed by atoms with Gasteiger partial charge in [-0.1, -0.05) is 37.8 Å². The Morgan fingerprint density at radius 1 is 0.825 bits per heavy atom. The van der Waals surface area contributed by atoms with Crippen molar-refractivity contribution in [2.75, 3.05) is 32.9 Å². The van der Waals surface area contributed by atoms with Crippen LogP contribution in [0.2, 0.25) is 0 Å². The molecule has 6 atom stereocenters. The number of unbranched alkanes of at least 4 members (excludes halogenated alkanes) is 6. The quantitative estimate of drug-likeness (QED) is 0.0457. The first-order valence-corrected chi connectivity index (χ1v) is 24.2. The molecule has 1 aromatic heterocycles. The van der Waals surface area contributed by atoms with Crippen molar-refractivity contribution in [2.24, 2.45) is 0 Å². The van der Waals surface area contributed by atoms with Gasteiger partial charge in [0, 0.05) is 37.9 Å². The zero-order chi connectivity index (χ0) is 42.1. The number of fused-ring (bicyclic) bond motifs is 1. The molecular formula is C32H48N2O19P4-4. The Hall–Kier alpha value is -1.99. The number of hydrogen-bond acceptors (Lipinski definition) is 19. The molecule has 1 aliphatic heterocycles. The van der Waals surface area contributed by atoms with Crippen LogP contribution in [0.15, 0.2) is 33.5 Å². The fourth-order valence-electron chi connectivity index (χ4n) is 5.47. The number of ether oxygens (including phenoxy) is 2. The van der Waals surface area contributed by atoms with Gasteiger partial charge in [0.05, 0.1) is 32.0 Å². The Balaban J connectivity index is 1.16. The van der Waals surface area contributed by atoms with E-state index in [1.165, 1.54) is 6.07 Å². The molecule has 3 N–H and O–H groups in total. The van der Waals surface area contributed by atoms with Gasteiger partial charge in [0.25, 0.3) is 23.5 Å². The smallest absolute Gasteiger partial charge is 0.347 e. The monoisotopic (exact) mass is 888 g/mol. The molecule has 0 bridgehead atoms. The summed E-state index contributed by atoms with van der Waals surface area (Å²) >= 11 is 0. The van der Waals surface area contributed by atoms with E-state index in [0.29, 0.717) is 87.5 Å². The number of carbonyl (C=O) groups is 2. The highest BCUT2D eigenvalue weighted by Crippen LogP contribution is 2.66. The Bertz CT molecular complexity index is 1880. The van der Waals surface area contributed by atoms with E-state index in [0.717, 1.165) is 0 Å². The number of hydrogen-bond donors (Lipinski definition) is 3. The van der Waals surface area contributed by atoms with Gasteiger partial charge in [-0.15, -0.1) is 0 Å². The van der Waals surface area contributed by atoms with Gasteiger partial charge >= 0.3 is 5.63 Å². The number of ketones is 1. The van der Waals surface area contributed by atoms with Crippen LogP contribution in [-0.2, 0) is 56.6 Å². The lowest BCUT2D eigenvalue weighted by Crippen LogP contribution is -2.25. The van der Waals surface area contributed by atoms with Crippen LogP contribution in [-0.4, -0.2) is 61.9 Å². The Morgan fingerprint density at radius 3 is 2.19 bits per heavy atom. The van der Waals surface area contributed by atoms with Crippen LogP contribution in [0.3, 0.4) is 0 Å². The first-order valence-electron chi connectivity index (χ1n) is 18.3. The van der Waals surface area contributed by atoms with E-state index < -0.39 is 49.6 Å². The van der Waals surface area contributed by atoms with E-state index in [1.807, 2.05) is 5.09 Å². The van der Waals surface area contributed by atoms with E-state index in [9.17, 15) is 57.3 Å². The maximum atomic E-state index is 12.5. The van der Waals surface area contributed by atoms with Crippen LogP contribution in [0.4, 0.5) is 0 Å². The summed E-state index contributed by atoms with van der Waals surface area (Å²) in [5.74, 6) is -0.514. The summed E-state index contributed by atoms with van der Waals surface area (Å²) in [6, 6.07) is 6.41. The molecule has 0 radical (unpaired) electrons. The van der Waals surface area contributed by atoms with E-state index in [2.05, 4.69) is 22.8 Å². The van der Waals surface area contributed by atoms with Crippen molar-refractivity contribution in [3.63, 3.8) is 0 Å². The van der Waals surface area contributed by atoms with Gasteiger partial charge in [-0.25, -0.2) is 13.4 Å². The van der Waals surface area contributed by atoms with Crippen LogP contribution in [0.25, 0.3) is 11.0 Å². The lowest BCUT2D eigenvalue weighted by molar-refractivity contribution is -0.251. The molecule has 0 aliphatic carbocycles. The molecule has 57 heavy (non-hydrogen) atoms. The van der Waals surface area contributed by atoms with Crippen LogP contribution < -0.4 is 35.6 Å². The molecule has 1 aromatic carbocycles. The zero-order valence-electron chi connectivity index (χ0n) is 31.3. The van der Waals surface area contributed by atoms with Gasteiger partial charge in [0.2, 0.25) is 13.7 Å². The van der Waals surface area contributed by atoms with E-state index in [1.54, 1.807) is 25.1 Å². The number of phosphoric acid groups is 3. The molecular weight excluding hydrogens is 840 g/mol. The molecule has 0 spiro atoms. The minimum atomic E-state index is -6.22. The normalized spacial score (nSPS) is 20.0. The Kier molecular flexibility index (Phi) is 20.5. The standard InChI is InChI=1S/C32H52N2O19P4/c1-24-11-14-27(49-24)23-48-55(41,42)52-57(45,46)53-56(43,44)51-54(39,40)34-17-8-4-2-3-7-16-33-31(37)15-19-47-18-9-5-6-10-29(36)28-21-26-13-12-25(22-35)20-30(26)50-32(28)38/h12-13,20-21,24,27,35H,2-11,14-19,22-23H2,1H3,(H,33,37)(H,41,42)(H,43,44)(H,45,46)(H2,34,39,40)/p-4/t24-,27-/m0/s1. The number of Topliss-reactive ketones (excluding diaryl/α,β-unsaturated/α-hetero) is 1. The number of carbonyl (C=O) groups excluding carboxylic acids is 2. The van der Waals surface area contributed by atoms with Crippen molar-refractivity contribution in [1.82, 2.24) is 10.4 Å². The summed E-state index contributed by atoms with van der Waals surface area (Å²) in [5.41, 5.74) is 0.156. The van der Waals surface area contributed by atoms with Gasteiger partial charge < -0.3 is 48.4 Å². The van der Waals surface area contributed by atoms with E-state index in [-0.39, 0.29) is 62.4 Å². The van der Waals surface area contributed by atoms with Crippen LogP contribution in [0.5, 0.6) is 0 Å². The Labute approximate surface area is 329 Å². The molecule has 1 fully saturated rings. The van der Waals surface area contributed by atoms with Gasteiger partial charge in [-0.05, 0) is 63.1 Å². The minimum absolute atomic E-state index is 0.0156.